The van der Waals surface area contributed by atoms with Gasteiger partial charge in [-0.2, -0.15) is 0 Å². The minimum Gasteiger partial charge on any atom is -0.350 e. The molecule has 0 aliphatic heterocycles. The minimum atomic E-state index is -3.42. The second-order valence-electron chi connectivity index (χ2n) is 11.0. The molecule has 1 heterocycles. The Balaban J connectivity index is 1.89. The molecule has 1 aromatic heterocycles. The molecule has 0 radical (unpaired) electrons. The smallest absolute Gasteiger partial charge is 0.252 e. The molecule has 7 nitrogen and oxygen atoms in total. The van der Waals surface area contributed by atoms with E-state index in [1.807, 2.05) is 62.4 Å². The first-order valence-electron chi connectivity index (χ1n) is 13.1. The molecule has 4 aromatic rings. The summed E-state index contributed by atoms with van der Waals surface area (Å²) in [5.41, 5.74) is 4.66. The van der Waals surface area contributed by atoms with Crippen molar-refractivity contribution >= 4 is 48.1 Å². The second kappa shape index (κ2) is 11.2. The Hall–Kier alpha value is -3.82. The number of carbonyl (C=O) groups is 1. The van der Waals surface area contributed by atoms with E-state index in [0.717, 1.165) is 33.8 Å². The van der Waals surface area contributed by atoms with Gasteiger partial charge in [0.05, 0.1) is 15.2 Å². The lowest BCUT2D eigenvalue weighted by Gasteiger charge is -2.24. The maximum Gasteiger partial charge on any atom is 0.252 e. The number of nitrogens with one attached hydrogen (secondary N) is 1. The molecule has 0 bridgehead atoms. The summed E-state index contributed by atoms with van der Waals surface area (Å²) in [5.74, 6) is -0.290. The SMILES string of the molecule is CC(C)NC(=O)/C(=C/c1cccc(-c2cc(C(C)(C)S(C)(=O)=O)cc3cccnc23)c1)c1ccc(S(C)(=O)=O)cc1. The molecule has 41 heavy (non-hydrogen) atoms. The number of hydrogen-bond acceptors (Lipinski definition) is 6. The van der Waals surface area contributed by atoms with Gasteiger partial charge < -0.3 is 5.32 Å². The van der Waals surface area contributed by atoms with Crippen LogP contribution in [-0.4, -0.2) is 46.3 Å². The number of amides is 1. The number of fused-ring (bicyclic) bond motifs is 1. The van der Waals surface area contributed by atoms with Crippen molar-refractivity contribution in [3.8, 4) is 11.1 Å². The van der Waals surface area contributed by atoms with Gasteiger partial charge in [0, 0.05) is 41.3 Å². The van der Waals surface area contributed by atoms with Crippen molar-refractivity contribution in [3.05, 3.63) is 95.7 Å². The van der Waals surface area contributed by atoms with Crippen molar-refractivity contribution in [2.75, 3.05) is 12.5 Å². The molecular formula is C32H34N2O5S2. The normalized spacial score (nSPS) is 13.0. The van der Waals surface area contributed by atoms with Crippen LogP contribution in [0.2, 0.25) is 0 Å². The van der Waals surface area contributed by atoms with Gasteiger partial charge in [0.2, 0.25) is 0 Å². The molecule has 4 rings (SSSR count). The quantitative estimate of drug-likeness (QED) is 0.210. The molecule has 0 saturated heterocycles. The van der Waals surface area contributed by atoms with Crippen LogP contribution in [0.3, 0.4) is 0 Å². The number of nitrogens with zero attached hydrogens (tertiary/aromatic N) is 1. The first-order valence-corrected chi connectivity index (χ1v) is 16.9. The Morgan fingerprint density at radius 2 is 1.59 bits per heavy atom. The van der Waals surface area contributed by atoms with Crippen LogP contribution in [0.1, 0.15) is 44.4 Å². The highest BCUT2D eigenvalue weighted by molar-refractivity contribution is 7.91. The lowest BCUT2D eigenvalue weighted by Crippen LogP contribution is -2.30. The van der Waals surface area contributed by atoms with Crippen LogP contribution in [0.15, 0.2) is 83.9 Å². The van der Waals surface area contributed by atoms with E-state index in [-0.39, 0.29) is 16.8 Å². The molecule has 9 heteroatoms. The van der Waals surface area contributed by atoms with E-state index in [9.17, 15) is 21.6 Å². The molecular weight excluding hydrogens is 556 g/mol. The standard InChI is InChI=1S/C32H34N2O5S2/c1-21(2)34-31(35)29(23-12-14-27(15-13-23)40(5,36)37)18-22-9-7-10-24(17-22)28-20-26(32(3,4)41(6,38)39)19-25-11-8-16-33-30(25)28/h7-21H,1-6H3,(H,34,35)/b29-18+. The molecule has 1 amide bonds. The van der Waals surface area contributed by atoms with Crippen molar-refractivity contribution < 1.29 is 21.6 Å². The van der Waals surface area contributed by atoms with Gasteiger partial charge in [0.15, 0.2) is 19.7 Å². The maximum atomic E-state index is 13.3. The zero-order chi connectivity index (χ0) is 30.2. The van der Waals surface area contributed by atoms with E-state index in [2.05, 4.69) is 10.3 Å². The summed E-state index contributed by atoms with van der Waals surface area (Å²) in [5, 5.41) is 3.74. The highest BCUT2D eigenvalue weighted by Crippen LogP contribution is 2.37. The molecule has 3 aromatic carbocycles. The zero-order valence-electron chi connectivity index (χ0n) is 24.0. The van der Waals surface area contributed by atoms with Crippen LogP contribution < -0.4 is 5.32 Å². The van der Waals surface area contributed by atoms with Gasteiger partial charge >= 0.3 is 0 Å². The fourth-order valence-corrected chi connectivity index (χ4v) is 5.61. The predicted molar refractivity (Wildman–Crippen MR) is 166 cm³/mol. The second-order valence-corrected chi connectivity index (χ2v) is 15.6. The Bertz CT molecular complexity index is 1870. The molecule has 214 valence electrons. The molecule has 0 saturated carbocycles. The molecule has 0 unspecified atom stereocenters. The van der Waals surface area contributed by atoms with Gasteiger partial charge in [0.1, 0.15) is 0 Å². The highest BCUT2D eigenvalue weighted by Gasteiger charge is 2.33. The summed E-state index contributed by atoms with van der Waals surface area (Å²) in [7, 11) is -6.81. The molecule has 0 spiro atoms. The van der Waals surface area contributed by atoms with Crippen molar-refractivity contribution in [1.29, 1.82) is 0 Å². The average Bonchev–Trinajstić information content (AvgIpc) is 2.89. The third-order valence-corrected chi connectivity index (χ3v) is 10.3. The number of sulfone groups is 2. The summed E-state index contributed by atoms with van der Waals surface area (Å²) in [6.45, 7) is 7.12. The van der Waals surface area contributed by atoms with Crippen LogP contribution in [-0.2, 0) is 29.2 Å². The van der Waals surface area contributed by atoms with Crippen molar-refractivity contribution in [1.82, 2.24) is 10.3 Å². The zero-order valence-corrected chi connectivity index (χ0v) is 25.6. The first-order chi connectivity index (χ1) is 19.1. The number of benzene rings is 3. The van der Waals surface area contributed by atoms with Crippen molar-refractivity contribution in [2.45, 2.75) is 43.4 Å². The number of carbonyl (C=O) groups excluding carboxylic acids is 1. The molecule has 0 aliphatic carbocycles. The molecule has 0 fully saturated rings. The van der Waals surface area contributed by atoms with E-state index < -0.39 is 24.4 Å². The van der Waals surface area contributed by atoms with Crippen LogP contribution >= 0.6 is 0 Å². The maximum absolute atomic E-state index is 13.3. The van der Waals surface area contributed by atoms with Gasteiger partial charge in [-0.25, -0.2) is 16.8 Å². The number of aromatic nitrogens is 1. The summed E-state index contributed by atoms with van der Waals surface area (Å²) in [4.78, 5) is 18.0. The Kier molecular flexibility index (Phi) is 8.25. The van der Waals surface area contributed by atoms with E-state index in [1.165, 1.54) is 18.4 Å². The van der Waals surface area contributed by atoms with E-state index >= 15 is 0 Å². The summed E-state index contributed by atoms with van der Waals surface area (Å²) >= 11 is 0. The Morgan fingerprint density at radius 3 is 2.20 bits per heavy atom. The lowest BCUT2D eigenvalue weighted by atomic mass is 9.92. The van der Waals surface area contributed by atoms with Crippen LogP contribution in [0.25, 0.3) is 33.7 Å². The van der Waals surface area contributed by atoms with Gasteiger partial charge in [-0.3, -0.25) is 9.78 Å². The lowest BCUT2D eigenvalue weighted by molar-refractivity contribution is -0.116. The van der Waals surface area contributed by atoms with Crippen LogP contribution in [0.4, 0.5) is 0 Å². The fraction of sp³-hybridized carbons (Fsp3) is 0.250. The number of pyridine rings is 1. The highest BCUT2D eigenvalue weighted by atomic mass is 32.2. The third-order valence-electron chi connectivity index (χ3n) is 7.09. The third kappa shape index (κ3) is 6.57. The largest absolute Gasteiger partial charge is 0.350 e. The number of hydrogen-bond donors (Lipinski definition) is 1. The fourth-order valence-electron chi connectivity index (χ4n) is 4.44. The van der Waals surface area contributed by atoms with Gasteiger partial charge in [-0.05, 0) is 92.4 Å². The monoisotopic (exact) mass is 590 g/mol. The molecule has 1 N–H and O–H groups in total. The molecule has 0 atom stereocenters. The predicted octanol–water partition coefficient (Wildman–Crippen LogP) is 5.65. The summed E-state index contributed by atoms with van der Waals surface area (Å²) in [6.07, 6.45) is 5.83. The topological polar surface area (TPSA) is 110 Å². The average molecular weight is 591 g/mol. The van der Waals surface area contributed by atoms with Crippen molar-refractivity contribution in [2.24, 2.45) is 0 Å². The summed E-state index contributed by atoms with van der Waals surface area (Å²) < 4.78 is 48.1. The van der Waals surface area contributed by atoms with Gasteiger partial charge in [-0.15, -0.1) is 0 Å². The van der Waals surface area contributed by atoms with Gasteiger partial charge in [0.25, 0.3) is 5.91 Å². The Labute approximate surface area is 242 Å². The van der Waals surface area contributed by atoms with Crippen molar-refractivity contribution in [3.63, 3.8) is 0 Å². The van der Waals surface area contributed by atoms with Crippen LogP contribution in [0, 0.1) is 0 Å². The van der Waals surface area contributed by atoms with E-state index in [1.54, 1.807) is 38.3 Å². The van der Waals surface area contributed by atoms with Gasteiger partial charge in [-0.1, -0.05) is 36.4 Å². The van der Waals surface area contributed by atoms with E-state index in [4.69, 9.17) is 0 Å². The first kappa shape index (κ1) is 30.1. The molecule has 0 aliphatic rings. The Morgan fingerprint density at radius 1 is 0.902 bits per heavy atom. The van der Waals surface area contributed by atoms with Crippen LogP contribution in [0.5, 0.6) is 0 Å². The number of rotatable bonds is 8. The van der Waals surface area contributed by atoms with E-state index in [0.29, 0.717) is 16.7 Å². The summed E-state index contributed by atoms with van der Waals surface area (Å²) in [6, 6.07) is 21.2. The minimum absolute atomic E-state index is 0.106.